The molecule has 0 aromatic carbocycles. The van der Waals surface area contributed by atoms with E-state index >= 15 is 0 Å². The van der Waals surface area contributed by atoms with Crippen molar-refractivity contribution < 1.29 is 146 Å². The molecule has 0 rings (SSSR count). The van der Waals surface area contributed by atoms with Gasteiger partial charge in [-0.15, -0.1) is 0 Å². The summed E-state index contributed by atoms with van der Waals surface area (Å²) in [6, 6.07) is 0. The zero-order chi connectivity index (χ0) is 18.0. The van der Waals surface area contributed by atoms with Crippen molar-refractivity contribution in [3.63, 3.8) is 0 Å². The molecule has 0 aliphatic rings. The monoisotopic (exact) mass is 1300 g/mol. The maximum atomic E-state index is 8.65. The molecule has 0 saturated carbocycles. The Morgan fingerprint density at radius 1 is 0.417 bits per heavy atom. The minimum absolute atomic E-state index is 0. The van der Waals surface area contributed by atoms with E-state index in [-0.39, 0.29) is 127 Å². The molecule has 0 aromatic rings. The Bertz CT molecular complexity index is 491. The molecule has 0 radical (unpaired) electrons. The van der Waals surface area contributed by atoms with Crippen molar-refractivity contribution in [2.24, 2.45) is 0 Å². The summed E-state index contributed by atoms with van der Waals surface area (Å²) in [5.41, 5.74) is 0. The van der Waals surface area contributed by atoms with Crippen LogP contribution in [0.4, 0.5) is 0 Å². The van der Waals surface area contributed by atoms with Crippen LogP contribution < -0.4 is 30.1 Å². The Balaban J connectivity index is -0.0000000225. The predicted molar refractivity (Wildman–Crippen MR) is 28.3 cm³/mol. The van der Waals surface area contributed by atoms with Crippen molar-refractivity contribution in [1.29, 1.82) is 0 Å². The van der Waals surface area contributed by atoms with E-state index in [1.54, 1.807) is 0 Å². The molecule has 16 nitrogen and oxygen atoms in total. The molecule has 24 heavy (non-hydrogen) atoms. The van der Waals surface area contributed by atoms with E-state index in [4.69, 9.17) is 57.3 Å². The van der Waals surface area contributed by atoms with Crippen molar-refractivity contribution in [3.05, 3.63) is 0 Å². The molecule has 0 aliphatic heterocycles. The first-order valence-corrected chi connectivity index (χ1v) is 21.8. The molecule has 0 aromatic heterocycles. The van der Waals surface area contributed by atoms with E-state index < -0.39 is 67.0 Å². The van der Waals surface area contributed by atoms with Gasteiger partial charge in [0.05, 0.1) is 0 Å². The zero-order valence-corrected chi connectivity index (χ0v) is 31.3. The second kappa shape index (κ2) is 24.1. The molecule has 136 valence electrons. The fraction of sp³-hybridized carbons (Fsp3) is 0. The molecule has 0 atom stereocenters. The molecular weight excluding hydrogens is 1290 g/mol. The van der Waals surface area contributed by atoms with Crippen molar-refractivity contribution in [2.75, 3.05) is 0 Å². The van der Waals surface area contributed by atoms with Crippen LogP contribution in [0, 0.1) is 0 Å². The van der Waals surface area contributed by atoms with Gasteiger partial charge in [0.25, 0.3) is 0 Å². The smallest absolute Gasteiger partial charge is 0.0149 e. The van der Waals surface area contributed by atoms with E-state index in [0.29, 0.717) is 0 Å². The van der Waals surface area contributed by atoms with Crippen LogP contribution in [0.15, 0.2) is 0 Å². The standard InChI is InChI=1S/Ba.16O.H4Si.Sr.Ti.4W/h;;;;;;;;;;;;;;;;;1H4;;;;;;/q+2;;;;;;;;;8*-1;;+2;+4;;;;. The van der Waals surface area contributed by atoms with Gasteiger partial charge in [0.2, 0.25) is 0 Å². The van der Waals surface area contributed by atoms with Crippen LogP contribution in [0.25, 0.3) is 0 Å². The Kier molecular flexibility index (Phi) is 51.6. The number of hydrogen-bond donors (Lipinski definition) is 0. The zero-order valence-electron chi connectivity index (χ0n) is 10.1. The van der Waals surface area contributed by atoms with E-state index in [9.17, 15) is 0 Å². The third-order valence-corrected chi connectivity index (χ3v) is 0. The molecule has 24 heteroatoms. The van der Waals surface area contributed by atoms with E-state index in [0.717, 1.165) is 0 Å². The van der Waals surface area contributed by atoms with Crippen molar-refractivity contribution in [3.8, 4) is 0 Å². The summed E-state index contributed by atoms with van der Waals surface area (Å²) < 4.78 is 138. The van der Waals surface area contributed by atoms with Gasteiger partial charge in [-0.25, -0.2) is 0 Å². The summed E-state index contributed by atoms with van der Waals surface area (Å²) in [5, 5.41) is 0. The average Bonchev–Trinajstić information content (AvgIpc) is 1.62. The van der Waals surface area contributed by atoms with E-state index in [2.05, 4.69) is 0 Å². The SMILES string of the molecule is [Ba+2].[O]=[W](=[O])([O-])[O-].[O]=[W](=[O])([O-])[O-].[O]=[W](=[O])([O-])[O-].[O]=[W](=[O])([O-])[O-].[SiH4].[Sr+2].[Ti+4]. The van der Waals surface area contributed by atoms with Gasteiger partial charge >= 0.3 is 240 Å². The van der Waals surface area contributed by atoms with Gasteiger partial charge in [0.1, 0.15) is 0 Å². The van der Waals surface area contributed by atoms with Crippen LogP contribution in [0.2, 0.25) is 0 Å². The van der Waals surface area contributed by atoms with Gasteiger partial charge in [-0.05, 0) is 11.0 Å². The summed E-state index contributed by atoms with van der Waals surface area (Å²) in [5.74, 6) is 0. The second-order valence-corrected chi connectivity index (χ2v) is 13.4. The fourth-order valence-electron chi connectivity index (χ4n) is 0. The molecule has 0 spiro atoms. The quantitative estimate of drug-likeness (QED) is 0.203. The maximum absolute atomic E-state index is 8.65. The summed E-state index contributed by atoms with van der Waals surface area (Å²) in [4.78, 5) is 0. The average molecular weight is 1300 g/mol. The molecule has 0 bridgehead atoms. The Morgan fingerprint density at radius 3 is 0.417 bits per heavy atom. The maximum Gasteiger partial charge on any atom is 4.00 e. The fourth-order valence-corrected chi connectivity index (χ4v) is 0. The largest absolute Gasteiger partial charge is 4.00 e. The van der Waals surface area contributed by atoms with Crippen LogP contribution >= 0.6 is 0 Å². The number of rotatable bonds is 0. The minimum Gasteiger partial charge on any atom is -0.0149 e. The summed E-state index contributed by atoms with van der Waals surface area (Å²) in [6.07, 6.45) is 0. The van der Waals surface area contributed by atoms with Crippen LogP contribution in [0.3, 0.4) is 0 Å². The summed E-state index contributed by atoms with van der Waals surface area (Å²) >= 11 is -24.7. The van der Waals surface area contributed by atoms with Gasteiger partial charge in [-0.3, -0.25) is 0 Å². The predicted octanol–water partition coefficient (Wildman–Crippen LogP) is -12.7. The van der Waals surface area contributed by atoms with E-state index in [1.807, 2.05) is 0 Å². The molecule has 0 amide bonds. The molecule has 0 N–H and O–H groups in total. The third-order valence-electron chi connectivity index (χ3n) is 0. The first-order valence-electron chi connectivity index (χ1n) is 2.67. The van der Waals surface area contributed by atoms with Crippen LogP contribution in [-0.2, 0) is 116 Å². The Morgan fingerprint density at radius 2 is 0.417 bits per heavy atom. The molecule has 0 saturated heterocycles. The van der Waals surface area contributed by atoms with Crippen LogP contribution in [0.1, 0.15) is 0 Å². The second-order valence-electron chi connectivity index (χ2n) is 1.63. The van der Waals surface area contributed by atoms with Crippen LogP contribution in [-0.4, -0.2) is 105 Å². The Labute approximate surface area is 245 Å². The minimum atomic E-state index is -6.17. The normalized spacial score (nSPS) is 9.67. The van der Waals surface area contributed by atoms with Gasteiger partial charge in [-0.2, -0.15) is 0 Å². The molecule has 0 aliphatic carbocycles. The first-order chi connectivity index (χ1) is 8.00. The van der Waals surface area contributed by atoms with E-state index in [1.165, 1.54) is 0 Å². The van der Waals surface area contributed by atoms with Crippen molar-refractivity contribution in [2.45, 2.75) is 0 Å². The third kappa shape index (κ3) is 770. The molecule has 0 fully saturated rings. The van der Waals surface area contributed by atoms with Gasteiger partial charge in [0, 0.05) is 0 Å². The van der Waals surface area contributed by atoms with Gasteiger partial charge < -0.3 is 0 Å². The first kappa shape index (κ1) is 51.5. The van der Waals surface area contributed by atoms with Crippen molar-refractivity contribution >= 4 is 105 Å². The van der Waals surface area contributed by atoms with Gasteiger partial charge in [0.15, 0.2) is 0 Å². The number of hydrogen-bond acceptors (Lipinski definition) is 16. The topological polar surface area (TPSA) is 321 Å². The molecule has 0 heterocycles. The molecular formula is H4BaO16SiSrTiW4. The Hall–Kier alpha value is 4.82. The van der Waals surface area contributed by atoms with Gasteiger partial charge in [-0.1, -0.05) is 0 Å². The summed E-state index contributed by atoms with van der Waals surface area (Å²) in [7, 11) is 0. The van der Waals surface area contributed by atoms with Crippen molar-refractivity contribution in [1.82, 2.24) is 0 Å². The van der Waals surface area contributed by atoms with Crippen LogP contribution in [0.5, 0.6) is 0 Å². The molecule has 0 unspecified atom stereocenters. The summed E-state index contributed by atoms with van der Waals surface area (Å²) in [6.45, 7) is 0.